The summed E-state index contributed by atoms with van der Waals surface area (Å²) in [6, 6.07) is 0. The molecule has 1 aromatic rings. The van der Waals surface area contributed by atoms with Crippen molar-refractivity contribution in [2.24, 2.45) is 0 Å². The van der Waals surface area contributed by atoms with Crippen molar-refractivity contribution >= 4 is 0 Å². The molecular formula is C16H27N3O. The van der Waals surface area contributed by atoms with Gasteiger partial charge >= 0.3 is 0 Å². The molecule has 0 spiro atoms. The van der Waals surface area contributed by atoms with E-state index in [2.05, 4.69) is 9.88 Å². The van der Waals surface area contributed by atoms with Crippen molar-refractivity contribution in [1.82, 2.24) is 14.9 Å². The number of rotatable bonds is 5. The smallest absolute Gasteiger partial charge is 0.113 e. The number of nitrogens with zero attached hydrogens (tertiary/aromatic N) is 2. The molecule has 1 N–H and O–H groups in total. The SMILES string of the molecule is COCCCn1c([C@@H]2CCCNC2)nc2c1CCCC2. The van der Waals surface area contributed by atoms with Gasteiger partial charge in [-0.2, -0.15) is 0 Å². The zero-order valence-electron chi connectivity index (χ0n) is 12.7. The molecule has 0 radical (unpaired) electrons. The minimum Gasteiger partial charge on any atom is -0.385 e. The molecule has 4 heteroatoms. The van der Waals surface area contributed by atoms with Crippen molar-refractivity contribution < 1.29 is 4.74 Å². The van der Waals surface area contributed by atoms with Crippen molar-refractivity contribution in [1.29, 1.82) is 0 Å². The van der Waals surface area contributed by atoms with Crippen molar-refractivity contribution in [3.63, 3.8) is 0 Å². The van der Waals surface area contributed by atoms with Gasteiger partial charge in [0, 0.05) is 38.4 Å². The van der Waals surface area contributed by atoms with Crippen LogP contribution >= 0.6 is 0 Å². The maximum absolute atomic E-state index is 5.22. The summed E-state index contributed by atoms with van der Waals surface area (Å²) in [5, 5.41) is 3.53. The average Bonchev–Trinajstić information content (AvgIpc) is 2.87. The van der Waals surface area contributed by atoms with E-state index in [9.17, 15) is 0 Å². The zero-order valence-corrected chi connectivity index (χ0v) is 12.7. The summed E-state index contributed by atoms with van der Waals surface area (Å²) in [4.78, 5) is 5.04. The fraction of sp³-hybridized carbons (Fsp3) is 0.812. The van der Waals surface area contributed by atoms with Crippen LogP contribution in [0.2, 0.25) is 0 Å². The highest BCUT2D eigenvalue weighted by molar-refractivity contribution is 5.22. The van der Waals surface area contributed by atoms with Gasteiger partial charge < -0.3 is 14.6 Å². The van der Waals surface area contributed by atoms with Crippen LogP contribution in [0.5, 0.6) is 0 Å². The highest BCUT2D eigenvalue weighted by Gasteiger charge is 2.25. The van der Waals surface area contributed by atoms with Gasteiger partial charge in [0.05, 0.1) is 5.69 Å². The Bertz CT molecular complexity index is 435. The third kappa shape index (κ3) is 2.91. The fourth-order valence-electron chi connectivity index (χ4n) is 3.62. The fourth-order valence-corrected chi connectivity index (χ4v) is 3.62. The zero-order chi connectivity index (χ0) is 13.8. The van der Waals surface area contributed by atoms with E-state index in [4.69, 9.17) is 9.72 Å². The van der Waals surface area contributed by atoms with Crippen molar-refractivity contribution in [3.05, 3.63) is 17.2 Å². The third-order valence-electron chi connectivity index (χ3n) is 4.65. The maximum Gasteiger partial charge on any atom is 0.113 e. The first-order valence-corrected chi connectivity index (χ1v) is 8.18. The molecule has 4 nitrogen and oxygen atoms in total. The summed E-state index contributed by atoms with van der Waals surface area (Å²) < 4.78 is 7.76. The molecule has 0 aromatic carbocycles. The lowest BCUT2D eigenvalue weighted by molar-refractivity contribution is 0.189. The Morgan fingerprint density at radius 3 is 3.00 bits per heavy atom. The topological polar surface area (TPSA) is 39.1 Å². The van der Waals surface area contributed by atoms with Crippen LogP contribution in [-0.4, -0.2) is 36.4 Å². The molecule has 2 heterocycles. The number of nitrogens with one attached hydrogen (secondary N) is 1. The van der Waals surface area contributed by atoms with E-state index in [1.165, 1.54) is 62.3 Å². The minimum atomic E-state index is 0.608. The molecule has 0 saturated carbocycles. The van der Waals surface area contributed by atoms with Crippen LogP contribution in [0.25, 0.3) is 0 Å². The molecule has 1 fully saturated rings. The molecule has 0 amide bonds. The Balaban J connectivity index is 1.84. The first kappa shape index (κ1) is 14.1. The number of imidazole rings is 1. The van der Waals surface area contributed by atoms with Gasteiger partial charge in [-0.1, -0.05) is 0 Å². The van der Waals surface area contributed by atoms with E-state index in [1.807, 2.05) is 0 Å². The van der Waals surface area contributed by atoms with Crippen molar-refractivity contribution in [2.75, 3.05) is 26.8 Å². The van der Waals surface area contributed by atoms with E-state index < -0.39 is 0 Å². The molecule has 2 aliphatic rings. The van der Waals surface area contributed by atoms with Crippen LogP contribution in [0.3, 0.4) is 0 Å². The van der Waals surface area contributed by atoms with Gasteiger partial charge in [-0.25, -0.2) is 4.98 Å². The lowest BCUT2D eigenvalue weighted by Gasteiger charge is -2.24. The summed E-state index contributed by atoms with van der Waals surface area (Å²) in [5.41, 5.74) is 2.90. The van der Waals surface area contributed by atoms with E-state index in [1.54, 1.807) is 7.11 Å². The lowest BCUT2D eigenvalue weighted by atomic mass is 9.98. The van der Waals surface area contributed by atoms with Crippen LogP contribution in [0.15, 0.2) is 0 Å². The molecule has 0 bridgehead atoms. The van der Waals surface area contributed by atoms with Crippen molar-refractivity contribution in [2.45, 2.75) is 57.4 Å². The van der Waals surface area contributed by atoms with Gasteiger partial charge in [0.2, 0.25) is 0 Å². The summed E-state index contributed by atoms with van der Waals surface area (Å²) in [6.45, 7) is 4.18. The standard InChI is InChI=1S/C16H27N3O/c1-20-11-5-10-19-15-8-3-2-7-14(15)18-16(19)13-6-4-9-17-12-13/h13,17H,2-12H2,1H3/t13-/m1/s1. The van der Waals surface area contributed by atoms with E-state index >= 15 is 0 Å². The monoisotopic (exact) mass is 277 g/mol. The second-order valence-electron chi connectivity index (χ2n) is 6.11. The van der Waals surface area contributed by atoms with Gasteiger partial charge in [-0.3, -0.25) is 0 Å². The van der Waals surface area contributed by atoms with Gasteiger partial charge in [-0.15, -0.1) is 0 Å². The predicted molar refractivity (Wildman–Crippen MR) is 80.2 cm³/mol. The molecule has 1 aromatic heterocycles. The number of methoxy groups -OCH3 is 1. The Morgan fingerprint density at radius 1 is 1.30 bits per heavy atom. The second-order valence-corrected chi connectivity index (χ2v) is 6.11. The number of ether oxygens (including phenoxy) is 1. The Morgan fingerprint density at radius 2 is 2.20 bits per heavy atom. The van der Waals surface area contributed by atoms with Crippen LogP contribution in [0.4, 0.5) is 0 Å². The van der Waals surface area contributed by atoms with Crippen LogP contribution in [0, 0.1) is 0 Å². The molecular weight excluding hydrogens is 250 g/mol. The quantitative estimate of drug-likeness (QED) is 0.839. The number of piperidine rings is 1. The number of aryl methyl sites for hydroxylation is 1. The van der Waals surface area contributed by atoms with Gasteiger partial charge in [0.15, 0.2) is 0 Å². The summed E-state index contributed by atoms with van der Waals surface area (Å²) in [7, 11) is 1.79. The molecule has 20 heavy (non-hydrogen) atoms. The van der Waals surface area contributed by atoms with Crippen LogP contribution in [0.1, 0.15) is 55.2 Å². The van der Waals surface area contributed by atoms with Gasteiger partial charge in [0.25, 0.3) is 0 Å². The summed E-state index contributed by atoms with van der Waals surface area (Å²) in [6.07, 6.45) is 8.69. The normalized spacial score (nSPS) is 22.8. The van der Waals surface area contributed by atoms with Gasteiger partial charge in [-0.05, 0) is 51.5 Å². The molecule has 1 atom stereocenters. The predicted octanol–water partition coefficient (Wildman–Crippen LogP) is 2.27. The summed E-state index contributed by atoms with van der Waals surface area (Å²) in [5.74, 6) is 1.96. The van der Waals surface area contributed by atoms with Crippen LogP contribution in [-0.2, 0) is 24.1 Å². The number of hydrogen-bond acceptors (Lipinski definition) is 3. The highest BCUT2D eigenvalue weighted by Crippen LogP contribution is 2.29. The Hall–Kier alpha value is -0.870. The molecule has 112 valence electrons. The maximum atomic E-state index is 5.22. The highest BCUT2D eigenvalue weighted by atomic mass is 16.5. The molecule has 3 rings (SSSR count). The Labute approximate surface area is 121 Å². The van der Waals surface area contributed by atoms with Gasteiger partial charge in [0.1, 0.15) is 5.82 Å². The largest absolute Gasteiger partial charge is 0.385 e. The van der Waals surface area contributed by atoms with Crippen molar-refractivity contribution in [3.8, 4) is 0 Å². The Kier molecular flexibility index (Phi) is 4.73. The van der Waals surface area contributed by atoms with E-state index in [-0.39, 0.29) is 0 Å². The van der Waals surface area contributed by atoms with Crippen LogP contribution < -0.4 is 5.32 Å². The van der Waals surface area contributed by atoms with E-state index in [0.717, 1.165) is 26.1 Å². The summed E-state index contributed by atoms with van der Waals surface area (Å²) >= 11 is 0. The van der Waals surface area contributed by atoms with E-state index in [0.29, 0.717) is 5.92 Å². The lowest BCUT2D eigenvalue weighted by Crippen LogP contribution is -2.30. The number of aromatic nitrogens is 2. The number of fused-ring (bicyclic) bond motifs is 1. The molecule has 0 unspecified atom stereocenters. The second kappa shape index (κ2) is 6.72. The first-order chi connectivity index (χ1) is 9.90. The first-order valence-electron chi connectivity index (χ1n) is 8.18. The number of hydrogen-bond donors (Lipinski definition) is 1. The third-order valence-corrected chi connectivity index (χ3v) is 4.65. The molecule has 1 aliphatic carbocycles. The average molecular weight is 277 g/mol. The molecule has 1 saturated heterocycles. The minimum absolute atomic E-state index is 0.608. The molecule has 1 aliphatic heterocycles.